The summed E-state index contributed by atoms with van der Waals surface area (Å²) in [5.74, 6) is -6.29. The molecule has 0 aliphatic rings. The monoisotopic (exact) mass is 275 g/mol. The van der Waals surface area contributed by atoms with Crippen LogP contribution in [0.4, 0.5) is 13.2 Å². The number of carbonyl (C=O) groups is 1. The molecule has 0 spiro atoms. The number of benzene rings is 1. The Morgan fingerprint density at radius 1 is 1.32 bits per heavy atom. The van der Waals surface area contributed by atoms with E-state index in [9.17, 15) is 18.0 Å². The highest BCUT2D eigenvalue weighted by atomic mass is 19.2. The van der Waals surface area contributed by atoms with E-state index in [-0.39, 0.29) is 17.9 Å². The Morgan fingerprint density at radius 3 is 2.26 bits per heavy atom. The third-order valence-corrected chi connectivity index (χ3v) is 3.13. The number of carboxylic acid groups (broad SMARTS) is 1. The lowest BCUT2D eigenvalue weighted by Gasteiger charge is -2.19. The quantitative estimate of drug-likeness (QED) is 0.783. The lowest BCUT2D eigenvalue weighted by atomic mass is 9.86. The minimum Gasteiger partial charge on any atom is -0.481 e. The third kappa shape index (κ3) is 3.96. The van der Waals surface area contributed by atoms with Gasteiger partial charge in [-0.1, -0.05) is 6.92 Å². The molecule has 0 radical (unpaired) electrons. The van der Waals surface area contributed by atoms with Crippen LogP contribution in [0.1, 0.15) is 18.9 Å². The molecular formula is C13H16F3NO2. The number of rotatable bonds is 6. The van der Waals surface area contributed by atoms with Crippen molar-refractivity contribution in [1.29, 1.82) is 0 Å². The normalized spacial score (nSPS) is 14.2. The molecule has 1 rings (SSSR count). The highest BCUT2D eigenvalue weighted by molar-refractivity contribution is 5.70. The molecule has 2 atom stereocenters. The summed E-state index contributed by atoms with van der Waals surface area (Å²) in [6, 6.07) is 1.65. The van der Waals surface area contributed by atoms with E-state index in [2.05, 4.69) is 0 Å². The zero-order valence-corrected chi connectivity index (χ0v) is 10.5. The first-order valence-corrected chi connectivity index (χ1v) is 5.93. The first-order chi connectivity index (χ1) is 8.86. The molecule has 0 fully saturated rings. The summed E-state index contributed by atoms with van der Waals surface area (Å²) < 4.78 is 38.9. The van der Waals surface area contributed by atoms with Crippen LogP contribution in [0.5, 0.6) is 0 Å². The van der Waals surface area contributed by atoms with Crippen molar-refractivity contribution in [1.82, 2.24) is 0 Å². The van der Waals surface area contributed by atoms with Crippen LogP contribution in [0.15, 0.2) is 12.1 Å². The molecule has 1 aromatic rings. The van der Waals surface area contributed by atoms with E-state index < -0.39 is 29.3 Å². The van der Waals surface area contributed by atoms with E-state index in [0.29, 0.717) is 13.0 Å². The van der Waals surface area contributed by atoms with E-state index in [1.54, 1.807) is 6.92 Å². The topological polar surface area (TPSA) is 63.3 Å². The predicted molar refractivity (Wildman–Crippen MR) is 64.0 cm³/mol. The van der Waals surface area contributed by atoms with E-state index in [1.807, 2.05) is 0 Å². The summed E-state index contributed by atoms with van der Waals surface area (Å²) in [5, 5.41) is 9.12. The average Bonchev–Trinajstić information content (AvgIpc) is 2.32. The lowest BCUT2D eigenvalue weighted by Crippen LogP contribution is -2.26. The number of hydrogen-bond donors (Lipinski definition) is 2. The second-order valence-corrected chi connectivity index (χ2v) is 4.58. The summed E-state index contributed by atoms with van der Waals surface area (Å²) in [5.41, 5.74) is 5.48. The maximum atomic E-state index is 13.1. The number of carboxylic acids is 1. The van der Waals surface area contributed by atoms with Crippen LogP contribution in [0.3, 0.4) is 0 Å². The zero-order chi connectivity index (χ0) is 14.6. The van der Waals surface area contributed by atoms with Crippen molar-refractivity contribution in [3.63, 3.8) is 0 Å². The van der Waals surface area contributed by atoms with Crippen LogP contribution >= 0.6 is 0 Å². The molecule has 0 aromatic heterocycles. The summed E-state index contributed by atoms with van der Waals surface area (Å²) in [6.45, 7) is 2.04. The predicted octanol–water partition coefficient (Wildman–Crippen LogP) is 2.33. The second kappa shape index (κ2) is 6.56. The van der Waals surface area contributed by atoms with Crippen molar-refractivity contribution in [3.05, 3.63) is 35.1 Å². The fourth-order valence-electron chi connectivity index (χ4n) is 1.98. The van der Waals surface area contributed by atoms with Crippen LogP contribution in [-0.2, 0) is 11.2 Å². The van der Waals surface area contributed by atoms with Gasteiger partial charge in [-0.25, -0.2) is 13.2 Å². The molecule has 19 heavy (non-hydrogen) atoms. The Labute approximate surface area is 109 Å². The fourth-order valence-corrected chi connectivity index (χ4v) is 1.98. The minimum atomic E-state index is -1.55. The smallest absolute Gasteiger partial charge is 0.307 e. The van der Waals surface area contributed by atoms with Crippen LogP contribution < -0.4 is 5.73 Å². The lowest BCUT2D eigenvalue weighted by molar-refractivity contribution is -0.143. The van der Waals surface area contributed by atoms with Gasteiger partial charge in [0, 0.05) is 0 Å². The summed E-state index contributed by atoms with van der Waals surface area (Å²) >= 11 is 0. The summed E-state index contributed by atoms with van der Waals surface area (Å²) in [7, 11) is 0. The number of aliphatic carboxylic acids is 1. The van der Waals surface area contributed by atoms with Gasteiger partial charge < -0.3 is 10.8 Å². The third-order valence-electron chi connectivity index (χ3n) is 3.13. The van der Waals surface area contributed by atoms with Crippen molar-refractivity contribution in [2.24, 2.45) is 17.6 Å². The van der Waals surface area contributed by atoms with Gasteiger partial charge in [-0.15, -0.1) is 0 Å². The van der Waals surface area contributed by atoms with E-state index in [4.69, 9.17) is 10.8 Å². The second-order valence-electron chi connectivity index (χ2n) is 4.58. The Hall–Kier alpha value is -1.56. The van der Waals surface area contributed by atoms with Crippen LogP contribution in [-0.4, -0.2) is 17.6 Å². The number of hydrogen-bond acceptors (Lipinski definition) is 2. The highest BCUT2D eigenvalue weighted by Crippen LogP contribution is 2.22. The molecule has 2 unspecified atom stereocenters. The van der Waals surface area contributed by atoms with Gasteiger partial charge in [0.25, 0.3) is 0 Å². The van der Waals surface area contributed by atoms with Crippen molar-refractivity contribution >= 4 is 5.97 Å². The maximum Gasteiger partial charge on any atom is 0.307 e. The van der Waals surface area contributed by atoms with Crippen LogP contribution in [0, 0.1) is 29.3 Å². The van der Waals surface area contributed by atoms with Crippen LogP contribution in [0.25, 0.3) is 0 Å². The number of halogens is 3. The van der Waals surface area contributed by atoms with Gasteiger partial charge in [-0.2, -0.15) is 0 Å². The van der Waals surface area contributed by atoms with Crippen molar-refractivity contribution in [2.75, 3.05) is 6.54 Å². The van der Waals surface area contributed by atoms with E-state index in [0.717, 1.165) is 12.1 Å². The Morgan fingerprint density at radius 2 is 1.84 bits per heavy atom. The van der Waals surface area contributed by atoms with Gasteiger partial charge in [0.05, 0.1) is 5.92 Å². The first kappa shape index (κ1) is 15.5. The average molecular weight is 275 g/mol. The van der Waals surface area contributed by atoms with E-state index >= 15 is 0 Å². The Bertz CT molecular complexity index is 442. The van der Waals surface area contributed by atoms with E-state index in [1.165, 1.54) is 0 Å². The molecule has 3 nitrogen and oxygen atoms in total. The van der Waals surface area contributed by atoms with Crippen LogP contribution in [0.2, 0.25) is 0 Å². The highest BCUT2D eigenvalue weighted by Gasteiger charge is 2.25. The van der Waals surface area contributed by atoms with Crippen molar-refractivity contribution < 1.29 is 23.1 Å². The Kier molecular flexibility index (Phi) is 5.35. The standard InChI is InChI=1S/C13H16F3NO2/c1-7(2-3-17)9(13(18)19)4-8-5-10(14)12(16)11(15)6-8/h5-7,9H,2-4,17H2,1H3,(H,18,19). The van der Waals surface area contributed by atoms with Gasteiger partial charge in [-0.05, 0) is 43.0 Å². The van der Waals surface area contributed by atoms with Gasteiger partial charge in [0.15, 0.2) is 17.5 Å². The molecule has 0 aliphatic carbocycles. The molecule has 0 saturated carbocycles. The Balaban J connectivity index is 2.94. The molecule has 0 heterocycles. The summed E-state index contributed by atoms with van der Waals surface area (Å²) in [4.78, 5) is 11.2. The molecular weight excluding hydrogens is 259 g/mol. The molecule has 6 heteroatoms. The number of nitrogens with two attached hydrogens (primary N) is 1. The minimum absolute atomic E-state index is 0.0649. The SMILES string of the molecule is CC(CCN)C(Cc1cc(F)c(F)c(F)c1)C(=O)O. The van der Waals surface area contributed by atoms with Gasteiger partial charge in [0.2, 0.25) is 0 Å². The summed E-state index contributed by atoms with van der Waals surface area (Å²) in [6.07, 6.45) is 0.424. The van der Waals surface area contributed by atoms with Gasteiger partial charge in [-0.3, -0.25) is 4.79 Å². The molecule has 0 saturated heterocycles. The maximum absolute atomic E-state index is 13.1. The molecule has 0 aliphatic heterocycles. The van der Waals surface area contributed by atoms with Crippen molar-refractivity contribution in [2.45, 2.75) is 19.8 Å². The first-order valence-electron chi connectivity index (χ1n) is 5.93. The largest absolute Gasteiger partial charge is 0.481 e. The zero-order valence-electron chi connectivity index (χ0n) is 10.5. The van der Waals surface area contributed by atoms with Crippen molar-refractivity contribution in [3.8, 4) is 0 Å². The molecule has 0 bridgehead atoms. The molecule has 1 aromatic carbocycles. The molecule has 106 valence electrons. The van der Waals surface area contributed by atoms with Gasteiger partial charge >= 0.3 is 5.97 Å². The molecule has 0 amide bonds. The fraction of sp³-hybridized carbons (Fsp3) is 0.462. The molecule has 3 N–H and O–H groups in total. The van der Waals surface area contributed by atoms with Gasteiger partial charge in [0.1, 0.15) is 0 Å².